The molecular weight excluding hydrogens is 254 g/mol. The van der Waals surface area contributed by atoms with Crippen LogP contribution in [0.25, 0.3) is 0 Å². The molecule has 1 aliphatic heterocycles. The van der Waals surface area contributed by atoms with Crippen molar-refractivity contribution in [1.82, 2.24) is 4.31 Å². The molecule has 0 aliphatic carbocycles. The van der Waals surface area contributed by atoms with Gasteiger partial charge in [0.2, 0.25) is 10.0 Å². The van der Waals surface area contributed by atoms with Crippen LogP contribution in [0.4, 0.5) is 0 Å². The van der Waals surface area contributed by atoms with Crippen molar-refractivity contribution >= 4 is 16.0 Å². The van der Waals surface area contributed by atoms with Crippen molar-refractivity contribution < 1.29 is 17.9 Å². The van der Waals surface area contributed by atoms with E-state index in [0.29, 0.717) is 25.8 Å². The zero-order valence-electron chi connectivity index (χ0n) is 11.6. The van der Waals surface area contributed by atoms with E-state index in [2.05, 4.69) is 0 Å². The number of hydrogen-bond acceptors (Lipinski definition) is 4. The summed E-state index contributed by atoms with van der Waals surface area (Å²) in [6, 6.07) is -0.638. The number of carbonyl (C=O) groups is 1. The molecule has 0 aromatic carbocycles. The van der Waals surface area contributed by atoms with Gasteiger partial charge >= 0.3 is 5.97 Å². The second-order valence-electron chi connectivity index (χ2n) is 5.62. The number of ether oxygens (including phenoxy) is 1. The molecule has 0 saturated carbocycles. The third-order valence-electron chi connectivity index (χ3n) is 2.70. The Bertz CT molecular complexity index is 397. The highest BCUT2D eigenvalue weighted by atomic mass is 32.2. The highest BCUT2D eigenvalue weighted by Gasteiger charge is 2.40. The number of rotatable bonds is 4. The maximum atomic E-state index is 12.0. The summed E-state index contributed by atoms with van der Waals surface area (Å²) in [5.74, 6) is -0.341. The minimum atomic E-state index is -3.33. The molecule has 1 atom stereocenters. The van der Waals surface area contributed by atoms with E-state index >= 15 is 0 Å². The summed E-state index contributed by atoms with van der Waals surface area (Å²) in [6.07, 6.45) is 1.82. The van der Waals surface area contributed by atoms with Gasteiger partial charge in [-0.25, -0.2) is 8.42 Å². The monoisotopic (exact) mass is 277 g/mol. The van der Waals surface area contributed by atoms with Gasteiger partial charge in [0, 0.05) is 6.54 Å². The Kier molecular flexibility index (Phi) is 4.78. The Morgan fingerprint density at radius 2 is 2.00 bits per heavy atom. The first kappa shape index (κ1) is 15.4. The molecule has 106 valence electrons. The average molecular weight is 277 g/mol. The molecule has 0 amide bonds. The maximum Gasteiger partial charge on any atom is 0.324 e. The van der Waals surface area contributed by atoms with Gasteiger partial charge in [0.15, 0.2) is 0 Å². The van der Waals surface area contributed by atoms with E-state index in [1.165, 1.54) is 4.31 Å². The van der Waals surface area contributed by atoms with Crippen LogP contribution in [0.15, 0.2) is 0 Å². The molecule has 18 heavy (non-hydrogen) atoms. The minimum absolute atomic E-state index is 0.0896. The van der Waals surface area contributed by atoms with Crippen molar-refractivity contribution in [2.24, 2.45) is 0 Å². The molecule has 1 saturated heterocycles. The molecule has 0 radical (unpaired) electrons. The summed E-state index contributed by atoms with van der Waals surface area (Å²) in [5, 5.41) is 0. The normalized spacial score (nSPS) is 22.1. The lowest BCUT2D eigenvalue weighted by atomic mass is 10.2. The van der Waals surface area contributed by atoms with E-state index in [1.54, 1.807) is 20.8 Å². The highest BCUT2D eigenvalue weighted by molar-refractivity contribution is 7.89. The van der Waals surface area contributed by atoms with Crippen LogP contribution in [0, 0.1) is 0 Å². The first-order valence-corrected chi connectivity index (χ1v) is 8.00. The first-order valence-electron chi connectivity index (χ1n) is 6.40. The molecule has 1 rings (SSSR count). The average Bonchev–Trinajstić information content (AvgIpc) is 2.63. The van der Waals surface area contributed by atoms with Crippen LogP contribution in [0.2, 0.25) is 0 Å². The van der Waals surface area contributed by atoms with Gasteiger partial charge in [-0.3, -0.25) is 4.79 Å². The Labute approximate surface area is 110 Å². The summed E-state index contributed by atoms with van der Waals surface area (Å²) in [7, 11) is -3.33. The summed E-state index contributed by atoms with van der Waals surface area (Å²) in [5.41, 5.74) is -0.583. The molecule has 0 aromatic heterocycles. The van der Waals surface area contributed by atoms with Crippen LogP contribution in [0.1, 0.15) is 47.0 Å². The summed E-state index contributed by atoms with van der Waals surface area (Å²) in [4.78, 5) is 12.0. The number of nitrogens with zero attached hydrogens (tertiary/aromatic N) is 1. The Morgan fingerprint density at radius 1 is 1.39 bits per heavy atom. The van der Waals surface area contributed by atoms with Crippen molar-refractivity contribution in [3.8, 4) is 0 Å². The molecule has 0 bridgehead atoms. The fourth-order valence-electron chi connectivity index (χ4n) is 2.05. The van der Waals surface area contributed by atoms with Gasteiger partial charge in [0.05, 0.1) is 5.75 Å². The van der Waals surface area contributed by atoms with Gasteiger partial charge < -0.3 is 4.74 Å². The lowest BCUT2D eigenvalue weighted by Gasteiger charge is -2.26. The molecule has 0 unspecified atom stereocenters. The maximum absolute atomic E-state index is 12.0. The van der Waals surface area contributed by atoms with Crippen LogP contribution in [0.3, 0.4) is 0 Å². The van der Waals surface area contributed by atoms with Gasteiger partial charge in [0.1, 0.15) is 11.6 Å². The number of esters is 1. The third-order valence-corrected chi connectivity index (χ3v) is 4.78. The predicted molar refractivity (Wildman–Crippen MR) is 69.7 cm³/mol. The Hall–Kier alpha value is -0.620. The molecule has 0 aromatic rings. The first-order chi connectivity index (χ1) is 8.17. The topological polar surface area (TPSA) is 63.7 Å². The second-order valence-corrected chi connectivity index (χ2v) is 7.66. The zero-order valence-corrected chi connectivity index (χ0v) is 12.4. The predicted octanol–water partition coefficient (Wildman–Crippen LogP) is 1.53. The summed E-state index contributed by atoms with van der Waals surface area (Å²) in [6.45, 7) is 7.59. The van der Waals surface area contributed by atoms with E-state index in [4.69, 9.17) is 4.74 Å². The van der Waals surface area contributed by atoms with E-state index in [-0.39, 0.29) is 5.75 Å². The van der Waals surface area contributed by atoms with Crippen LogP contribution in [-0.4, -0.2) is 42.6 Å². The van der Waals surface area contributed by atoms with Gasteiger partial charge in [-0.1, -0.05) is 6.92 Å². The molecule has 0 spiro atoms. The van der Waals surface area contributed by atoms with Gasteiger partial charge in [-0.15, -0.1) is 0 Å². The lowest BCUT2D eigenvalue weighted by molar-refractivity contribution is -0.158. The number of hydrogen-bond donors (Lipinski definition) is 0. The molecule has 6 heteroatoms. The fraction of sp³-hybridized carbons (Fsp3) is 0.917. The number of carbonyl (C=O) groups excluding carboxylic acids is 1. The number of sulfonamides is 1. The van der Waals surface area contributed by atoms with Crippen molar-refractivity contribution in [2.45, 2.75) is 58.6 Å². The van der Waals surface area contributed by atoms with E-state index in [1.807, 2.05) is 6.92 Å². The van der Waals surface area contributed by atoms with Crippen molar-refractivity contribution in [1.29, 1.82) is 0 Å². The van der Waals surface area contributed by atoms with Gasteiger partial charge in [0.25, 0.3) is 0 Å². The quantitative estimate of drug-likeness (QED) is 0.731. The highest BCUT2D eigenvalue weighted by Crippen LogP contribution is 2.24. The molecule has 1 fully saturated rings. The molecule has 5 nitrogen and oxygen atoms in total. The van der Waals surface area contributed by atoms with Crippen molar-refractivity contribution in [3.05, 3.63) is 0 Å². The van der Waals surface area contributed by atoms with Crippen LogP contribution >= 0.6 is 0 Å². The van der Waals surface area contributed by atoms with Crippen molar-refractivity contribution in [3.63, 3.8) is 0 Å². The summed E-state index contributed by atoms with van der Waals surface area (Å²) >= 11 is 0. The smallest absolute Gasteiger partial charge is 0.324 e. The minimum Gasteiger partial charge on any atom is -0.459 e. The lowest BCUT2D eigenvalue weighted by Crippen LogP contribution is -2.44. The molecule has 1 aliphatic rings. The largest absolute Gasteiger partial charge is 0.459 e. The van der Waals surface area contributed by atoms with Crippen LogP contribution in [-0.2, 0) is 19.6 Å². The molecule has 0 N–H and O–H groups in total. The van der Waals surface area contributed by atoms with Crippen molar-refractivity contribution in [2.75, 3.05) is 12.3 Å². The Balaban J connectivity index is 2.80. The molecular formula is C12H23NO4S. The fourth-order valence-corrected chi connectivity index (χ4v) is 3.79. The zero-order chi connectivity index (χ0) is 14.0. The van der Waals surface area contributed by atoms with Gasteiger partial charge in [-0.05, 0) is 40.0 Å². The van der Waals surface area contributed by atoms with Crippen LogP contribution < -0.4 is 0 Å². The van der Waals surface area contributed by atoms with E-state index in [9.17, 15) is 13.2 Å². The third kappa shape index (κ3) is 3.95. The Morgan fingerprint density at radius 3 is 2.50 bits per heavy atom. The van der Waals surface area contributed by atoms with Crippen LogP contribution in [0.5, 0.6) is 0 Å². The van der Waals surface area contributed by atoms with E-state index in [0.717, 1.165) is 0 Å². The second kappa shape index (κ2) is 5.57. The molecule has 1 heterocycles. The standard InChI is InChI=1S/C12H23NO4S/c1-5-9-18(15,16)13-8-6-7-10(13)11(14)17-12(2,3)4/h10H,5-9H2,1-4H3/t10-/m1/s1. The van der Waals surface area contributed by atoms with Gasteiger partial charge in [-0.2, -0.15) is 4.31 Å². The summed E-state index contributed by atoms with van der Waals surface area (Å²) < 4.78 is 30.7. The van der Waals surface area contributed by atoms with E-state index < -0.39 is 27.6 Å². The SMILES string of the molecule is CCCS(=O)(=O)N1CCC[C@@H]1C(=O)OC(C)(C)C.